The van der Waals surface area contributed by atoms with Crippen LogP contribution >= 0.6 is 0 Å². The molecule has 2 N–H and O–H groups in total. The maximum Gasteiger partial charge on any atom is 0.175 e. The molecule has 4 heteroatoms. The van der Waals surface area contributed by atoms with Crippen molar-refractivity contribution in [1.29, 1.82) is 0 Å². The molecular formula is C15H18N2O2. The summed E-state index contributed by atoms with van der Waals surface area (Å²) in [7, 11) is 0. The molecule has 0 saturated carbocycles. The average molecular weight is 258 g/mol. The molecule has 19 heavy (non-hydrogen) atoms. The Morgan fingerprint density at radius 2 is 1.95 bits per heavy atom. The van der Waals surface area contributed by atoms with E-state index in [4.69, 9.17) is 15.0 Å². The van der Waals surface area contributed by atoms with Crippen LogP contribution in [-0.2, 0) is 4.74 Å². The van der Waals surface area contributed by atoms with Crippen molar-refractivity contribution in [3.8, 4) is 11.1 Å². The lowest BCUT2D eigenvalue weighted by Crippen LogP contribution is -2.14. The zero-order chi connectivity index (χ0) is 13.2. The van der Waals surface area contributed by atoms with Crippen LogP contribution in [0.25, 0.3) is 11.1 Å². The third-order valence-corrected chi connectivity index (χ3v) is 3.75. The second-order valence-electron chi connectivity index (χ2n) is 5.01. The number of aromatic nitrogens is 1. The van der Waals surface area contributed by atoms with Crippen molar-refractivity contribution < 1.29 is 9.26 Å². The minimum Gasteiger partial charge on any atom is -0.381 e. The SMILES string of the molecule is Cc1ccccc1-c1c(N)noc1C1CCOCC1. The number of ether oxygens (including phenoxy) is 1. The van der Waals surface area contributed by atoms with Gasteiger partial charge in [-0.2, -0.15) is 0 Å². The van der Waals surface area contributed by atoms with Gasteiger partial charge in [-0.3, -0.25) is 0 Å². The number of aryl methyl sites for hydroxylation is 1. The number of hydrogen-bond donors (Lipinski definition) is 1. The quantitative estimate of drug-likeness (QED) is 0.899. The van der Waals surface area contributed by atoms with Gasteiger partial charge in [0.05, 0.1) is 5.56 Å². The second-order valence-corrected chi connectivity index (χ2v) is 5.01. The highest BCUT2D eigenvalue weighted by atomic mass is 16.5. The molecule has 0 aliphatic carbocycles. The Morgan fingerprint density at radius 1 is 1.21 bits per heavy atom. The lowest BCUT2D eigenvalue weighted by molar-refractivity contribution is 0.0792. The molecule has 100 valence electrons. The van der Waals surface area contributed by atoms with Gasteiger partial charge in [0.1, 0.15) is 5.76 Å². The summed E-state index contributed by atoms with van der Waals surface area (Å²) >= 11 is 0. The maximum absolute atomic E-state index is 6.01. The summed E-state index contributed by atoms with van der Waals surface area (Å²) in [5.41, 5.74) is 9.28. The monoisotopic (exact) mass is 258 g/mol. The van der Waals surface area contributed by atoms with Crippen LogP contribution in [0.2, 0.25) is 0 Å². The van der Waals surface area contributed by atoms with Gasteiger partial charge in [-0.25, -0.2) is 0 Å². The molecule has 1 fully saturated rings. The number of anilines is 1. The Hall–Kier alpha value is -1.81. The standard InChI is InChI=1S/C15H18N2O2/c1-10-4-2-3-5-12(10)13-14(19-17-15(13)16)11-6-8-18-9-7-11/h2-5,11H,6-9H2,1H3,(H2,16,17). The molecule has 0 atom stereocenters. The van der Waals surface area contributed by atoms with E-state index in [1.165, 1.54) is 5.56 Å². The van der Waals surface area contributed by atoms with Gasteiger partial charge in [0, 0.05) is 19.1 Å². The largest absolute Gasteiger partial charge is 0.381 e. The Balaban J connectivity index is 2.06. The number of hydrogen-bond acceptors (Lipinski definition) is 4. The minimum absolute atomic E-state index is 0.355. The Labute approximate surface area is 112 Å². The van der Waals surface area contributed by atoms with Crippen LogP contribution in [0.15, 0.2) is 28.8 Å². The molecule has 2 heterocycles. The molecule has 0 amide bonds. The summed E-state index contributed by atoms with van der Waals surface area (Å²) in [6.07, 6.45) is 1.93. The van der Waals surface area contributed by atoms with Gasteiger partial charge in [0.2, 0.25) is 0 Å². The molecule has 2 aromatic rings. The molecular weight excluding hydrogens is 240 g/mol. The van der Waals surface area contributed by atoms with Crippen LogP contribution in [0.1, 0.15) is 30.1 Å². The highest BCUT2D eigenvalue weighted by Crippen LogP contribution is 2.39. The minimum atomic E-state index is 0.355. The third kappa shape index (κ3) is 2.24. The molecule has 1 aromatic heterocycles. The molecule has 3 rings (SSSR count). The molecule has 0 unspecified atom stereocenters. The van der Waals surface area contributed by atoms with E-state index in [1.54, 1.807) is 0 Å². The molecule has 1 aliphatic rings. The Kier molecular flexibility index (Phi) is 3.25. The number of nitrogens with zero attached hydrogens (tertiary/aromatic N) is 1. The molecule has 0 bridgehead atoms. The lowest BCUT2D eigenvalue weighted by atomic mass is 9.90. The van der Waals surface area contributed by atoms with Gasteiger partial charge in [-0.05, 0) is 30.9 Å². The summed E-state index contributed by atoms with van der Waals surface area (Å²) in [6, 6.07) is 8.19. The van der Waals surface area contributed by atoms with Crippen molar-refractivity contribution in [2.24, 2.45) is 0 Å². The predicted octanol–water partition coefficient (Wildman–Crippen LogP) is 3.13. The summed E-state index contributed by atoms with van der Waals surface area (Å²) in [5, 5.41) is 3.97. The number of benzene rings is 1. The van der Waals surface area contributed by atoms with E-state index in [0.29, 0.717) is 11.7 Å². The van der Waals surface area contributed by atoms with Gasteiger partial charge < -0.3 is 15.0 Å². The summed E-state index contributed by atoms with van der Waals surface area (Å²) in [6.45, 7) is 3.63. The molecule has 1 aliphatic heterocycles. The normalized spacial score (nSPS) is 16.7. The fraction of sp³-hybridized carbons (Fsp3) is 0.400. The maximum atomic E-state index is 6.01. The van der Waals surface area contributed by atoms with Crippen LogP contribution in [0.5, 0.6) is 0 Å². The summed E-state index contributed by atoms with van der Waals surface area (Å²) in [4.78, 5) is 0. The number of rotatable bonds is 2. The zero-order valence-corrected chi connectivity index (χ0v) is 11.1. The Bertz CT molecular complexity index is 571. The van der Waals surface area contributed by atoms with Crippen LogP contribution in [0, 0.1) is 6.92 Å². The molecule has 0 spiro atoms. The van der Waals surface area contributed by atoms with Crippen LogP contribution in [0.3, 0.4) is 0 Å². The summed E-state index contributed by atoms with van der Waals surface area (Å²) < 4.78 is 10.9. The van der Waals surface area contributed by atoms with E-state index < -0.39 is 0 Å². The van der Waals surface area contributed by atoms with Gasteiger partial charge >= 0.3 is 0 Å². The summed E-state index contributed by atoms with van der Waals surface area (Å²) in [5.74, 6) is 1.75. The first kappa shape index (κ1) is 12.2. The first-order chi connectivity index (χ1) is 9.27. The topological polar surface area (TPSA) is 61.3 Å². The lowest BCUT2D eigenvalue weighted by Gasteiger charge is -2.20. The number of nitrogens with two attached hydrogens (primary N) is 1. The van der Waals surface area contributed by atoms with Gasteiger partial charge in [0.25, 0.3) is 0 Å². The first-order valence-electron chi connectivity index (χ1n) is 6.66. The second kappa shape index (κ2) is 5.05. The smallest absolute Gasteiger partial charge is 0.175 e. The van der Waals surface area contributed by atoms with Crippen molar-refractivity contribution in [2.75, 3.05) is 18.9 Å². The zero-order valence-electron chi connectivity index (χ0n) is 11.1. The van der Waals surface area contributed by atoms with Crippen molar-refractivity contribution in [1.82, 2.24) is 5.16 Å². The predicted molar refractivity (Wildman–Crippen MR) is 73.9 cm³/mol. The van der Waals surface area contributed by atoms with E-state index in [9.17, 15) is 0 Å². The van der Waals surface area contributed by atoms with Crippen LogP contribution in [0.4, 0.5) is 5.82 Å². The van der Waals surface area contributed by atoms with E-state index in [0.717, 1.165) is 42.9 Å². The van der Waals surface area contributed by atoms with Crippen molar-refractivity contribution in [3.05, 3.63) is 35.6 Å². The first-order valence-corrected chi connectivity index (χ1v) is 6.66. The van der Waals surface area contributed by atoms with Crippen molar-refractivity contribution in [3.63, 3.8) is 0 Å². The fourth-order valence-electron chi connectivity index (χ4n) is 2.68. The van der Waals surface area contributed by atoms with E-state index >= 15 is 0 Å². The van der Waals surface area contributed by atoms with Crippen LogP contribution < -0.4 is 5.73 Å². The van der Waals surface area contributed by atoms with Crippen molar-refractivity contribution in [2.45, 2.75) is 25.7 Å². The van der Waals surface area contributed by atoms with E-state index in [-0.39, 0.29) is 0 Å². The van der Waals surface area contributed by atoms with E-state index in [2.05, 4.69) is 24.2 Å². The van der Waals surface area contributed by atoms with Crippen molar-refractivity contribution >= 4 is 5.82 Å². The highest BCUT2D eigenvalue weighted by molar-refractivity contribution is 5.78. The highest BCUT2D eigenvalue weighted by Gasteiger charge is 2.26. The fourth-order valence-corrected chi connectivity index (χ4v) is 2.68. The van der Waals surface area contributed by atoms with E-state index in [1.807, 2.05) is 12.1 Å². The Morgan fingerprint density at radius 3 is 2.68 bits per heavy atom. The van der Waals surface area contributed by atoms with Gasteiger partial charge in [-0.15, -0.1) is 0 Å². The molecule has 1 saturated heterocycles. The third-order valence-electron chi connectivity index (χ3n) is 3.75. The van der Waals surface area contributed by atoms with Crippen LogP contribution in [-0.4, -0.2) is 18.4 Å². The number of nitrogen functional groups attached to an aromatic ring is 1. The molecule has 1 aromatic carbocycles. The van der Waals surface area contributed by atoms with Gasteiger partial charge in [-0.1, -0.05) is 29.4 Å². The average Bonchev–Trinajstić information content (AvgIpc) is 2.82. The van der Waals surface area contributed by atoms with Gasteiger partial charge in [0.15, 0.2) is 5.82 Å². The molecule has 4 nitrogen and oxygen atoms in total. The molecule has 0 radical (unpaired) electrons.